The van der Waals surface area contributed by atoms with Gasteiger partial charge in [0.15, 0.2) is 0 Å². The normalized spacial score (nSPS) is 17.1. The molecule has 0 aliphatic carbocycles. The topological polar surface area (TPSA) is 32.7 Å². The Balaban J connectivity index is 1.85. The lowest BCUT2D eigenvalue weighted by Crippen LogP contribution is -2.44. The van der Waals surface area contributed by atoms with Crippen LogP contribution in [0.25, 0.3) is 0 Å². The smallest absolute Gasteiger partial charge is 0.143 e. The van der Waals surface area contributed by atoms with Crippen LogP contribution < -0.4 is 9.64 Å². The summed E-state index contributed by atoms with van der Waals surface area (Å²) in [5.41, 5.74) is 4.94. The van der Waals surface area contributed by atoms with Crippen molar-refractivity contribution in [1.82, 2.24) is 0 Å². The minimum Gasteiger partial charge on any atom is -0.508 e. The summed E-state index contributed by atoms with van der Waals surface area (Å²) in [5, 5.41) is 9.76. The maximum absolute atomic E-state index is 9.76. The van der Waals surface area contributed by atoms with Crippen LogP contribution >= 0.6 is 0 Å². The summed E-state index contributed by atoms with van der Waals surface area (Å²) in [6.45, 7) is 9.47. The summed E-state index contributed by atoms with van der Waals surface area (Å²) in [6.07, 6.45) is 1.02. The standard InChI is InChI=1S/C20H25NO2/c1-13(2)21-12-18(10-16-6-5-14(3)15(4)9-16)23-20-8-7-17(22)11-19(20)21/h5-9,11,13,18,22H,10,12H2,1-4H3. The largest absolute Gasteiger partial charge is 0.508 e. The molecule has 0 radical (unpaired) electrons. The van der Waals surface area contributed by atoms with E-state index in [1.165, 1.54) is 16.7 Å². The fourth-order valence-electron chi connectivity index (χ4n) is 3.15. The van der Waals surface area contributed by atoms with E-state index in [-0.39, 0.29) is 11.9 Å². The number of benzene rings is 2. The molecule has 1 heterocycles. The molecule has 0 spiro atoms. The Hall–Kier alpha value is -2.16. The predicted octanol–water partition coefficient (Wildman–Crippen LogP) is 4.23. The van der Waals surface area contributed by atoms with Gasteiger partial charge in [-0.25, -0.2) is 0 Å². The van der Waals surface area contributed by atoms with Crippen molar-refractivity contribution in [2.45, 2.75) is 46.3 Å². The fourth-order valence-corrected chi connectivity index (χ4v) is 3.15. The van der Waals surface area contributed by atoms with E-state index < -0.39 is 0 Å². The molecule has 23 heavy (non-hydrogen) atoms. The van der Waals surface area contributed by atoms with Crippen molar-refractivity contribution in [1.29, 1.82) is 0 Å². The number of anilines is 1. The second-order valence-corrected chi connectivity index (χ2v) is 6.76. The third-order valence-corrected chi connectivity index (χ3v) is 4.60. The number of hydrogen-bond acceptors (Lipinski definition) is 3. The SMILES string of the molecule is Cc1ccc(CC2CN(C(C)C)c3cc(O)ccc3O2)cc1C. The van der Waals surface area contributed by atoms with Gasteiger partial charge in [0.05, 0.1) is 12.2 Å². The van der Waals surface area contributed by atoms with Gasteiger partial charge in [0.2, 0.25) is 0 Å². The molecule has 1 aliphatic heterocycles. The van der Waals surface area contributed by atoms with Crippen molar-refractivity contribution >= 4 is 5.69 Å². The van der Waals surface area contributed by atoms with Gasteiger partial charge in [-0.2, -0.15) is 0 Å². The molecule has 3 nitrogen and oxygen atoms in total. The van der Waals surface area contributed by atoms with Gasteiger partial charge in [-0.15, -0.1) is 0 Å². The highest BCUT2D eigenvalue weighted by Crippen LogP contribution is 2.37. The monoisotopic (exact) mass is 311 g/mol. The lowest BCUT2D eigenvalue weighted by molar-refractivity contribution is 0.190. The van der Waals surface area contributed by atoms with E-state index >= 15 is 0 Å². The molecule has 0 bridgehead atoms. The number of nitrogens with zero attached hydrogens (tertiary/aromatic N) is 1. The number of aryl methyl sites for hydroxylation is 2. The first-order valence-corrected chi connectivity index (χ1v) is 8.26. The highest BCUT2D eigenvalue weighted by Gasteiger charge is 2.27. The average Bonchev–Trinajstić information content (AvgIpc) is 2.50. The van der Waals surface area contributed by atoms with Gasteiger partial charge in [-0.3, -0.25) is 0 Å². The Morgan fingerprint density at radius 1 is 1.13 bits per heavy atom. The second-order valence-electron chi connectivity index (χ2n) is 6.76. The average molecular weight is 311 g/mol. The zero-order valence-corrected chi connectivity index (χ0v) is 14.3. The molecule has 0 saturated carbocycles. The number of phenols is 1. The number of ether oxygens (including phenoxy) is 1. The molecular weight excluding hydrogens is 286 g/mol. The number of phenolic OH excluding ortho intramolecular Hbond substituents is 1. The van der Waals surface area contributed by atoms with Crippen molar-refractivity contribution < 1.29 is 9.84 Å². The van der Waals surface area contributed by atoms with Crippen LogP contribution in [0.2, 0.25) is 0 Å². The number of rotatable bonds is 3. The highest BCUT2D eigenvalue weighted by molar-refractivity contribution is 5.63. The maximum atomic E-state index is 9.76. The van der Waals surface area contributed by atoms with Gasteiger partial charge in [-0.1, -0.05) is 18.2 Å². The van der Waals surface area contributed by atoms with Crippen LogP contribution in [0.5, 0.6) is 11.5 Å². The first-order valence-electron chi connectivity index (χ1n) is 8.26. The van der Waals surface area contributed by atoms with Crippen LogP contribution in [0.15, 0.2) is 36.4 Å². The molecule has 2 aromatic carbocycles. The van der Waals surface area contributed by atoms with Gasteiger partial charge in [0, 0.05) is 18.5 Å². The van der Waals surface area contributed by atoms with Gasteiger partial charge >= 0.3 is 0 Å². The number of aromatic hydroxyl groups is 1. The van der Waals surface area contributed by atoms with E-state index in [0.29, 0.717) is 6.04 Å². The van der Waals surface area contributed by atoms with Gasteiger partial charge in [0.1, 0.15) is 17.6 Å². The first-order chi connectivity index (χ1) is 10.9. The Morgan fingerprint density at radius 3 is 2.61 bits per heavy atom. The van der Waals surface area contributed by atoms with Crippen molar-refractivity contribution in [3.63, 3.8) is 0 Å². The first kappa shape index (κ1) is 15.7. The molecule has 1 aliphatic rings. The molecule has 0 saturated heterocycles. The third-order valence-electron chi connectivity index (χ3n) is 4.60. The summed E-state index contributed by atoms with van der Waals surface area (Å²) in [5.74, 6) is 1.14. The van der Waals surface area contributed by atoms with E-state index in [1.807, 2.05) is 6.07 Å². The quantitative estimate of drug-likeness (QED) is 0.921. The molecule has 1 atom stereocenters. The molecule has 0 amide bonds. The van der Waals surface area contributed by atoms with E-state index in [2.05, 4.69) is 50.8 Å². The van der Waals surface area contributed by atoms with E-state index in [1.54, 1.807) is 12.1 Å². The fraction of sp³-hybridized carbons (Fsp3) is 0.400. The van der Waals surface area contributed by atoms with E-state index in [9.17, 15) is 5.11 Å². The molecule has 0 fully saturated rings. The van der Waals surface area contributed by atoms with Crippen molar-refractivity contribution in [2.75, 3.05) is 11.4 Å². The molecule has 3 rings (SSSR count). The molecule has 1 unspecified atom stereocenters. The van der Waals surface area contributed by atoms with Crippen molar-refractivity contribution in [2.24, 2.45) is 0 Å². The molecule has 1 N–H and O–H groups in total. The van der Waals surface area contributed by atoms with E-state index in [0.717, 1.165) is 24.4 Å². The summed E-state index contributed by atoms with van der Waals surface area (Å²) >= 11 is 0. The predicted molar refractivity (Wildman–Crippen MR) is 94.6 cm³/mol. The Bertz CT molecular complexity index is 709. The van der Waals surface area contributed by atoms with Crippen LogP contribution in [0.3, 0.4) is 0 Å². The Kier molecular flexibility index (Phi) is 4.20. The summed E-state index contributed by atoms with van der Waals surface area (Å²) in [4.78, 5) is 2.31. The third kappa shape index (κ3) is 3.29. The lowest BCUT2D eigenvalue weighted by atomic mass is 10.0. The molecule has 122 valence electrons. The molecule has 3 heteroatoms. The van der Waals surface area contributed by atoms with Crippen LogP contribution in [0.4, 0.5) is 5.69 Å². The summed E-state index contributed by atoms with van der Waals surface area (Å²) in [6, 6.07) is 12.3. The van der Waals surface area contributed by atoms with Crippen LogP contribution in [0.1, 0.15) is 30.5 Å². The van der Waals surface area contributed by atoms with Crippen LogP contribution in [0, 0.1) is 13.8 Å². The van der Waals surface area contributed by atoms with E-state index in [4.69, 9.17) is 4.74 Å². The summed E-state index contributed by atoms with van der Waals surface area (Å²) < 4.78 is 6.19. The second kappa shape index (κ2) is 6.15. The van der Waals surface area contributed by atoms with Gasteiger partial charge in [0.25, 0.3) is 0 Å². The van der Waals surface area contributed by atoms with Crippen molar-refractivity contribution in [3.8, 4) is 11.5 Å². The Labute approximate surface area is 138 Å². The molecule has 0 aromatic heterocycles. The Morgan fingerprint density at radius 2 is 1.91 bits per heavy atom. The highest BCUT2D eigenvalue weighted by atomic mass is 16.5. The lowest BCUT2D eigenvalue weighted by Gasteiger charge is -2.39. The maximum Gasteiger partial charge on any atom is 0.143 e. The zero-order valence-electron chi connectivity index (χ0n) is 14.3. The minimum absolute atomic E-state index is 0.122. The molecular formula is C20H25NO2. The van der Waals surface area contributed by atoms with Crippen LogP contribution in [-0.2, 0) is 6.42 Å². The van der Waals surface area contributed by atoms with Crippen LogP contribution in [-0.4, -0.2) is 23.8 Å². The number of fused-ring (bicyclic) bond motifs is 1. The minimum atomic E-state index is 0.122. The van der Waals surface area contributed by atoms with Crippen molar-refractivity contribution in [3.05, 3.63) is 53.1 Å². The number of hydrogen-bond donors (Lipinski definition) is 1. The molecule has 2 aromatic rings. The van der Waals surface area contributed by atoms with Gasteiger partial charge in [-0.05, 0) is 56.5 Å². The summed E-state index contributed by atoms with van der Waals surface area (Å²) in [7, 11) is 0. The van der Waals surface area contributed by atoms with Gasteiger partial charge < -0.3 is 14.7 Å². The zero-order chi connectivity index (χ0) is 16.6.